The van der Waals surface area contributed by atoms with E-state index in [9.17, 15) is 14.4 Å². The first-order chi connectivity index (χ1) is 12.8. The molecule has 2 heterocycles. The van der Waals surface area contributed by atoms with Gasteiger partial charge in [0.25, 0.3) is 11.8 Å². The van der Waals surface area contributed by atoms with Crippen molar-refractivity contribution in [3.05, 3.63) is 42.4 Å². The number of rotatable bonds is 5. The number of benzene rings is 1. The number of carbonyl (C=O) groups is 3. The molecule has 2 atom stereocenters. The number of ether oxygens (including phenoxy) is 1. The van der Waals surface area contributed by atoms with E-state index in [-0.39, 0.29) is 23.5 Å². The third-order valence-corrected chi connectivity index (χ3v) is 4.16. The second kappa shape index (κ2) is 7.53. The lowest BCUT2D eigenvalue weighted by atomic mass is 10.0. The quantitative estimate of drug-likeness (QED) is 0.748. The molecule has 27 heavy (non-hydrogen) atoms. The first-order valence-electron chi connectivity index (χ1n) is 8.62. The van der Waals surface area contributed by atoms with Crippen molar-refractivity contribution in [3.8, 4) is 5.75 Å². The standard InChI is InChI=1S/C19H21N3O5/c1-10(2)16(22-18(24)15-5-4-8-26-15)19(25)20-12-6-7-14-13(9-12)21-17(23)11(3)27-14/h4-11,16H,1-3H3,(H,20,25)(H,21,23)(H,22,24)/t11-,16+/m1/s1. The Kier molecular flexibility index (Phi) is 5.16. The Balaban J connectivity index is 1.71. The van der Waals surface area contributed by atoms with E-state index in [1.807, 2.05) is 13.8 Å². The molecule has 3 N–H and O–H groups in total. The summed E-state index contributed by atoms with van der Waals surface area (Å²) in [5.74, 6) is -0.569. The molecule has 1 aromatic carbocycles. The molecule has 3 amide bonds. The fourth-order valence-electron chi connectivity index (χ4n) is 2.66. The Hall–Kier alpha value is -3.29. The van der Waals surface area contributed by atoms with Gasteiger partial charge >= 0.3 is 0 Å². The molecular formula is C19H21N3O5. The van der Waals surface area contributed by atoms with Gasteiger partial charge in [-0.15, -0.1) is 0 Å². The lowest BCUT2D eigenvalue weighted by molar-refractivity contribution is -0.122. The van der Waals surface area contributed by atoms with Crippen LogP contribution in [0.4, 0.5) is 11.4 Å². The lowest BCUT2D eigenvalue weighted by Gasteiger charge is -2.24. The summed E-state index contributed by atoms with van der Waals surface area (Å²) < 4.78 is 10.5. The highest BCUT2D eigenvalue weighted by Crippen LogP contribution is 2.32. The fourth-order valence-corrected chi connectivity index (χ4v) is 2.66. The summed E-state index contributed by atoms with van der Waals surface area (Å²) in [7, 11) is 0. The van der Waals surface area contributed by atoms with Crippen LogP contribution in [0, 0.1) is 5.92 Å². The molecular weight excluding hydrogens is 350 g/mol. The van der Waals surface area contributed by atoms with Crippen LogP contribution in [-0.2, 0) is 9.59 Å². The van der Waals surface area contributed by atoms with Gasteiger partial charge in [-0.05, 0) is 43.2 Å². The summed E-state index contributed by atoms with van der Waals surface area (Å²) in [5.41, 5.74) is 0.965. The van der Waals surface area contributed by atoms with Crippen LogP contribution in [-0.4, -0.2) is 29.9 Å². The van der Waals surface area contributed by atoms with E-state index in [1.54, 1.807) is 31.2 Å². The summed E-state index contributed by atoms with van der Waals surface area (Å²) in [5, 5.41) is 8.16. The smallest absolute Gasteiger partial charge is 0.287 e. The third kappa shape index (κ3) is 4.11. The number of carbonyl (C=O) groups excluding carboxylic acids is 3. The third-order valence-electron chi connectivity index (χ3n) is 4.16. The Labute approximate surface area is 156 Å². The molecule has 8 nitrogen and oxygen atoms in total. The van der Waals surface area contributed by atoms with E-state index in [2.05, 4.69) is 16.0 Å². The van der Waals surface area contributed by atoms with Crippen molar-refractivity contribution in [3.63, 3.8) is 0 Å². The molecule has 1 aliphatic heterocycles. The van der Waals surface area contributed by atoms with Crippen molar-refractivity contribution >= 4 is 29.1 Å². The number of amides is 3. The zero-order chi connectivity index (χ0) is 19.6. The van der Waals surface area contributed by atoms with Crippen LogP contribution < -0.4 is 20.7 Å². The predicted octanol–water partition coefficient (Wildman–Crippen LogP) is 2.39. The number of anilines is 2. The van der Waals surface area contributed by atoms with E-state index in [1.165, 1.54) is 12.3 Å². The van der Waals surface area contributed by atoms with Crippen molar-refractivity contribution in [2.24, 2.45) is 5.92 Å². The van der Waals surface area contributed by atoms with Gasteiger partial charge in [0.05, 0.1) is 12.0 Å². The molecule has 0 aliphatic carbocycles. The van der Waals surface area contributed by atoms with Gasteiger partial charge in [0.2, 0.25) is 5.91 Å². The van der Waals surface area contributed by atoms with Crippen LogP contribution in [0.5, 0.6) is 5.75 Å². The number of hydrogen-bond donors (Lipinski definition) is 3. The van der Waals surface area contributed by atoms with Gasteiger partial charge in [0.15, 0.2) is 11.9 Å². The average Bonchev–Trinajstić information content (AvgIpc) is 3.15. The summed E-state index contributed by atoms with van der Waals surface area (Å²) >= 11 is 0. The Bertz CT molecular complexity index is 860. The first kappa shape index (κ1) is 18.5. The maximum Gasteiger partial charge on any atom is 0.287 e. The molecule has 8 heteroatoms. The van der Waals surface area contributed by atoms with E-state index in [0.717, 1.165) is 0 Å². The molecule has 0 saturated carbocycles. The van der Waals surface area contributed by atoms with Crippen molar-refractivity contribution < 1.29 is 23.5 Å². The monoisotopic (exact) mass is 371 g/mol. The van der Waals surface area contributed by atoms with Gasteiger partial charge in [0.1, 0.15) is 11.8 Å². The van der Waals surface area contributed by atoms with E-state index >= 15 is 0 Å². The summed E-state index contributed by atoms with van der Waals surface area (Å²) in [6, 6.07) is 7.33. The van der Waals surface area contributed by atoms with Crippen LogP contribution >= 0.6 is 0 Å². The molecule has 0 unspecified atom stereocenters. The Morgan fingerprint density at radius 3 is 2.67 bits per heavy atom. The minimum absolute atomic E-state index is 0.135. The van der Waals surface area contributed by atoms with Gasteiger partial charge in [-0.1, -0.05) is 13.8 Å². The maximum absolute atomic E-state index is 12.7. The number of fused-ring (bicyclic) bond motifs is 1. The van der Waals surface area contributed by atoms with Crippen LogP contribution in [0.2, 0.25) is 0 Å². The van der Waals surface area contributed by atoms with Gasteiger partial charge < -0.3 is 25.1 Å². The Morgan fingerprint density at radius 2 is 2.00 bits per heavy atom. The maximum atomic E-state index is 12.7. The number of hydrogen-bond acceptors (Lipinski definition) is 5. The van der Waals surface area contributed by atoms with Crippen LogP contribution in [0.25, 0.3) is 0 Å². The second-order valence-electron chi connectivity index (χ2n) is 6.62. The highest BCUT2D eigenvalue weighted by molar-refractivity contribution is 6.02. The van der Waals surface area contributed by atoms with Gasteiger partial charge in [-0.2, -0.15) is 0 Å². The van der Waals surface area contributed by atoms with Gasteiger partial charge in [-0.3, -0.25) is 14.4 Å². The SMILES string of the molecule is CC(C)[C@H](NC(=O)c1ccco1)C(=O)Nc1ccc2c(c1)NC(=O)[C@@H](C)O2. The molecule has 0 fully saturated rings. The fraction of sp³-hybridized carbons (Fsp3) is 0.316. The molecule has 0 bridgehead atoms. The second-order valence-corrected chi connectivity index (χ2v) is 6.62. The molecule has 0 saturated heterocycles. The largest absolute Gasteiger partial charge is 0.479 e. The minimum Gasteiger partial charge on any atom is -0.479 e. The van der Waals surface area contributed by atoms with Crippen molar-refractivity contribution in [1.29, 1.82) is 0 Å². The molecule has 1 aliphatic rings. The van der Waals surface area contributed by atoms with Gasteiger partial charge in [0, 0.05) is 5.69 Å². The van der Waals surface area contributed by atoms with E-state index in [0.29, 0.717) is 17.1 Å². The van der Waals surface area contributed by atoms with Crippen LogP contribution in [0.15, 0.2) is 41.0 Å². The van der Waals surface area contributed by atoms with Crippen LogP contribution in [0.1, 0.15) is 31.3 Å². The van der Waals surface area contributed by atoms with E-state index in [4.69, 9.17) is 9.15 Å². The molecule has 2 aromatic rings. The predicted molar refractivity (Wildman–Crippen MR) is 98.6 cm³/mol. The summed E-state index contributed by atoms with van der Waals surface area (Å²) in [4.78, 5) is 36.6. The van der Waals surface area contributed by atoms with Crippen molar-refractivity contribution in [2.45, 2.75) is 32.9 Å². The lowest BCUT2D eigenvalue weighted by Crippen LogP contribution is -2.47. The molecule has 0 spiro atoms. The molecule has 0 radical (unpaired) electrons. The molecule has 1 aromatic heterocycles. The number of nitrogens with one attached hydrogen (secondary N) is 3. The minimum atomic E-state index is -0.760. The van der Waals surface area contributed by atoms with Crippen molar-refractivity contribution in [1.82, 2.24) is 5.32 Å². The normalized spacial score (nSPS) is 16.7. The topological polar surface area (TPSA) is 110 Å². The highest BCUT2D eigenvalue weighted by atomic mass is 16.5. The van der Waals surface area contributed by atoms with Crippen LogP contribution in [0.3, 0.4) is 0 Å². The molecule has 142 valence electrons. The van der Waals surface area contributed by atoms with Gasteiger partial charge in [-0.25, -0.2) is 0 Å². The zero-order valence-corrected chi connectivity index (χ0v) is 15.2. The molecule has 3 rings (SSSR count). The van der Waals surface area contributed by atoms with Crippen molar-refractivity contribution in [2.75, 3.05) is 10.6 Å². The first-order valence-corrected chi connectivity index (χ1v) is 8.62. The summed E-state index contributed by atoms with van der Waals surface area (Å²) in [6.45, 7) is 5.31. The number of furan rings is 1. The average molecular weight is 371 g/mol. The Morgan fingerprint density at radius 1 is 1.22 bits per heavy atom. The zero-order valence-electron chi connectivity index (χ0n) is 15.2. The highest BCUT2D eigenvalue weighted by Gasteiger charge is 2.27. The van der Waals surface area contributed by atoms with E-state index < -0.39 is 18.1 Å². The summed E-state index contributed by atoms with van der Waals surface area (Å²) in [6.07, 6.45) is 0.823.